The van der Waals surface area contributed by atoms with E-state index in [1.165, 1.54) is 0 Å². The highest BCUT2D eigenvalue weighted by molar-refractivity contribution is 9.10. The van der Waals surface area contributed by atoms with E-state index in [9.17, 15) is 9.59 Å². The lowest BCUT2D eigenvalue weighted by Crippen LogP contribution is -2.37. The number of H-pyrrole nitrogens is 1. The lowest BCUT2D eigenvalue weighted by molar-refractivity contribution is -0.120. The Morgan fingerprint density at radius 2 is 2.17 bits per heavy atom. The van der Waals surface area contributed by atoms with Gasteiger partial charge in [-0.2, -0.15) is 5.10 Å². The van der Waals surface area contributed by atoms with Crippen LogP contribution in [0.25, 0.3) is 0 Å². The summed E-state index contributed by atoms with van der Waals surface area (Å²) in [7, 11) is 0. The van der Waals surface area contributed by atoms with Crippen molar-refractivity contribution in [3.8, 4) is 0 Å². The second kappa shape index (κ2) is 8.74. The molecule has 9 heteroatoms. The molecule has 0 bridgehead atoms. The zero-order valence-corrected chi connectivity index (χ0v) is 15.5. The van der Waals surface area contributed by atoms with Gasteiger partial charge in [0.2, 0.25) is 5.91 Å². The van der Waals surface area contributed by atoms with Gasteiger partial charge in [0.05, 0.1) is 6.54 Å². The molecule has 1 aromatic carbocycles. The van der Waals surface area contributed by atoms with Crippen molar-refractivity contribution in [2.24, 2.45) is 0 Å². The first-order valence-corrected chi connectivity index (χ1v) is 8.66. The quantitative estimate of drug-likeness (QED) is 0.605. The van der Waals surface area contributed by atoms with Crippen molar-refractivity contribution in [1.29, 1.82) is 0 Å². The number of amides is 2. The zero-order chi connectivity index (χ0) is 17.5. The normalized spacial score (nSPS) is 10.4. The molecule has 1 aromatic heterocycles. The summed E-state index contributed by atoms with van der Waals surface area (Å²) in [5.74, 6) is 0.245. The first-order chi connectivity index (χ1) is 11.5. The SMILES string of the molecule is CCn1c(CCNC(=O)CNC(=O)c2cccc(Br)c2)n[nH]c1=S. The van der Waals surface area contributed by atoms with Crippen LogP contribution in [0.4, 0.5) is 0 Å². The molecule has 0 saturated carbocycles. The summed E-state index contributed by atoms with van der Waals surface area (Å²) in [5.41, 5.74) is 0.496. The Labute approximate surface area is 153 Å². The number of hydrogen-bond acceptors (Lipinski definition) is 4. The predicted octanol–water partition coefficient (Wildman–Crippen LogP) is 1.81. The smallest absolute Gasteiger partial charge is 0.251 e. The number of aromatic nitrogens is 3. The van der Waals surface area contributed by atoms with Gasteiger partial charge in [0.25, 0.3) is 5.91 Å². The molecular formula is C15H18BrN5O2S. The number of aromatic amines is 1. The van der Waals surface area contributed by atoms with Gasteiger partial charge < -0.3 is 15.2 Å². The number of nitrogens with one attached hydrogen (secondary N) is 3. The van der Waals surface area contributed by atoms with Crippen molar-refractivity contribution in [2.45, 2.75) is 19.9 Å². The molecule has 0 radical (unpaired) electrons. The van der Waals surface area contributed by atoms with Crippen LogP contribution in [0, 0.1) is 4.77 Å². The standard InChI is InChI=1S/C15H18BrN5O2S/c1-2-21-12(19-20-15(21)24)6-7-17-13(22)9-18-14(23)10-4-3-5-11(16)8-10/h3-5,8H,2,6-7,9H2,1H3,(H,17,22)(H,18,23)(H,20,24). The van der Waals surface area contributed by atoms with Crippen LogP contribution in [0.3, 0.4) is 0 Å². The Bertz CT molecular complexity index is 786. The van der Waals surface area contributed by atoms with Gasteiger partial charge in [-0.15, -0.1) is 0 Å². The van der Waals surface area contributed by atoms with E-state index in [-0.39, 0.29) is 18.4 Å². The van der Waals surface area contributed by atoms with Crippen molar-refractivity contribution in [3.05, 3.63) is 44.9 Å². The Balaban J connectivity index is 1.75. The van der Waals surface area contributed by atoms with Gasteiger partial charge in [0.15, 0.2) is 4.77 Å². The lowest BCUT2D eigenvalue weighted by atomic mass is 10.2. The number of halogens is 1. The molecule has 128 valence electrons. The fourth-order valence-corrected chi connectivity index (χ4v) is 2.82. The first kappa shape index (κ1) is 18.3. The molecule has 0 spiro atoms. The maximum absolute atomic E-state index is 11.9. The molecule has 0 unspecified atom stereocenters. The Morgan fingerprint density at radius 1 is 1.38 bits per heavy atom. The van der Waals surface area contributed by atoms with Gasteiger partial charge in [0, 0.05) is 29.5 Å². The molecule has 0 atom stereocenters. The fourth-order valence-electron chi connectivity index (χ4n) is 2.14. The van der Waals surface area contributed by atoms with Crippen molar-refractivity contribution >= 4 is 40.0 Å². The zero-order valence-electron chi connectivity index (χ0n) is 13.1. The second-order valence-electron chi connectivity index (χ2n) is 4.98. The van der Waals surface area contributed by atoms with E-state index in [0.717, 1.165) is 16.8 Å². The molecule has 0 fully saturated rings. The maximum atomic E-state index is 11.9. The number of rotatable bonds is 7. The van der Waals surface area contributed by atoms with Crippen LogP contribution in [0.2, 0.25) is 0 Å². The van der Waals surface area contributed by atoms with Gasteiger partial charge >= 0.3 is 0 Å². The fraction of sp³-hybridized carbons (Fsp3) is 0.333. The van der Waals surface area contributed by atoms with Crippen LogP contribution in [0.1, 0.15) is 23.1 Å². The molecule has 2 rings (SSSR count). The molecule has 0 saturated heterocycles. The molecule has 2 aromatic rings. The molecule has 3 N–H and O–H groups in total. The molecular weight excluding hydrogens is 394 g/mol. The summed E-state index contributed by atoms with van der Waals surface area (Å²) in [6.45, 7) is 3.05. The highest BCUT2D eigenvalue weighted by atomic mass is 79.9. The van der Waals surface area contributed by atoms with Gasteiger partial charge in [-0.25, -0.2) is 0 Å². The number of benzene rings is 1. The van der Waals surface area contributed by atoms with Gasteiger partial charge in [-0.1, -0.05) is 22.0 Å². The number of hydrogen-bond donors (Lipinski definition) is 3. The average molecular weight is 412 g/mol. The van der Waals surface area contributed by atoms with E-state index in [4.69, 9.17) is 12.2 Å². The van der Waals surface area contributed by atoms with Crippen LogP contribution in [0.5, 0.6) is 0 Å². The third kappa shape index (κ3) is 5.00. The number of nitrogens with zero attached hydrogens (tertiary/aromatic N) is 2. The van der Waals surface area contributed by atoms with Gasteiger partial charge in [0.1, 0.15) is 5.82 Å². The van der Waals surface area contributed by atoms with Crippen LogP contribution < -0.4 is 10.6 Å². The van der Waals surface area contributed by atoms with Crippen LogP contribution >= 0.6 is 28.1 Å². The first-order valence-electron chi connectivity index (χ1n) is 7.45. The molecule has 0 aliphatic carbocycles. The number of carbonyl (C=O) groups excluding carboxylic acids is 2. The lowest BCUT2D eigenvalue weighted by Gasteiger charge is -2.07. The molecule has 2 amide bonds. The summed E-state index contributed by atoms with van der Waals surface area (Å²) in [6, 6.07) is 6.97. The van der Waals surface area contributed by atoms with Crippen molar-refractivity contribution in [2.75, 3.05) is 13.1 Å². The van der Waals surface area contributed by atoms with Crippen molar-refractivity contribution in [1.82, 2.24) is 25.4 Å². The Hall–Kier alpha value is -2.00. The minimum Gasteiger partial charge on any atom is -0.354 e. The largest absolute Gasteiger partial charge is 0.354 e. The highest BCUT2D eigenvalue weighted by Gasteiger charge is 2.09. The topological polar surface area (TPSA) is 91.8 Å². The molecule has 1 heterocycles. The number of carbonyl (C=O) groups is 2. The molecule has 7 nitrogen and oxygen atoms in total. The summed E-state index contributed by atoms with van der Waals surface area (Å²) < 4.78 is 3.25. The minimum atomic E-state index is -0.293. The van der Waals surface area contributed by atoms with Crippen LogP contribution in [-0.2, 0) is 17.8 Å². The van der Waals surface area contributed by atoms with E-state index in [1.54, 1.807) is 18.2 Å². The third-order valence-corrected chi connectivity index (χ3v) is 4.13. The highest BCUT2D eigenvalue weighted by Crippen LogP contribution is 2.11. The minimum absolute atomic E-state index is 0.0774. The third-order valence-electron chi connectivity index (χ3n) is 3.32. The van der Waals surface area contributed by atoms with Crippen LogP contribution in [-0.4, -0.2) is 39.7 Å². The van der Waals surface area contributed by atoms with E-state index in [2.05, 4.69) is 36.8 Å². The summed E-state index contributed by atoms with van der Waals surface area (Å²) in [4.78, 5) is 23.7. The average Bonchev–Trinajstić information content (AvgIpc) is 2.92. The van der Waals surface area contributed by atoms with Crippen LogP contribution in [0.15, 0.2) is 28.7 Å². The maximum Gasteiger partial charge on any atom is 0.251 e. The molecule has 0 aliphatic rings. The summed E-state index contributed by atoms with van der Waals surface area (Å²) in [6.07, 6.45) is 0.562. The van der Waals surface area contributed by atoms with E-state index in [0.29, 0.717) is 23.3 Å². The monoisotopic (exact) mass is 411 g/mol. The van der Waals surface area contributed by atoms with E-state index >= 15 is 0 Å². The summed E-state index contributed by atoms with van der Waals surface area (Å²) >= 11 is 8.41. The van der Waals surface area contributed by atoms with Crippen molar-refractivity contribution < 1.29 is 9.59 Å². The molecule has 24 heavy (non-hydrogen) atoms. The summed E-state index contributed by atoms with van der Waals surface area (Å²) in [5, 5.41) is 12.2. The predicted molar refractivity (Wildman–Crippen MR) is 96.3 cm³/mol. The van der Waals surface area contributed by atoms with Crippen molar-refractivity contribution in [3.63, 3.8) is 0 Å². The molecule has 0 aliphatic heterocycles. The van der Waals surface area contributed by atoms with Gasteiger partial charge in [-0.3, -0.25) is 14.7 Å². The van der Waals surface area contributed by atoms with E-state index < -0.39 is 0 Å². The Kier molecular flexibility index (Phi) is 6.68. The Morgan fingerprint density at radius 3 is 2.88 bits per heavy atom. The second-order valence-corrected chi connectivity index (χ2v) is 6.28. The van der Waals surface area contributed by atoms with E-state index in [1.807, 2.05) is 17.6 Å². The van der Waals surface area contributed by atoms with Gasteiger partial charge in [-0.05, 0) is 37.3 Å².